The van der Waals surface area contributed by atoms with Gasteiger partial charge in [-0.05, 0) is 63.6 Å². The number of carbonyl (C=O) groups excluding carboxylic acids is 1. The fraction of sp³-hybridized carbons (Fsp3) is 0.667. The Labute approximate surface area is 156 Å². The quantitative estimate of drug-likeness (QED) is 0.703. The zero-order chi connectivity index (χ0) is 18.0. The standard InChI is InChI=1S/C21H30N2O3/c1-25-18-7-2-3-8-19(18)26-16-6-14-22-13-4-11-21(22)12-5-15-23(20(21)24)17-9-10-17/h2-3,7-8,17H,4-6,9-16H2,1H3. The highest BCUT2D eigenvalue weighted by atomic mass is 16.5. The average molecular weight is 358 g/mol. The van der Waals surface area contributed by atoms with Gasteiger partial charge in [0.05, 0.1) is 13.7 Å². The van der Waals surface area contributed by atoms with E-state index in [2.05, 4.69) is 9.80 Å². The maximum absolute atomic E-state index is 13.2. The van der Waals surface area contributed by atoms with E-state index in [9.17, 15) is 4.79 Å². The predicted octanol–water partition coefficient (Wildman–Crippen LogP) is 3.08. The van der Waals surface area contributed by atoms with Crippen molar-refractivity contribution < 1.29 is 14.3 Å². The van der Waals surface area contributed by atoms with E-state index in [0.717, 1.165) is 63.2 Å². The van der Waals surface area contributed by atoms with Gasteiger partial charge in [0.1, 0.15) is 5.54 Å². The van der Waals surface area contributed by atoms with E-state index in [1.807, 2.05) is 24.3 Å². The number of methoxy groups -OCH3 is 1. The van der Waals surface area contributed by atoms with Gasteiger partial charge in [0.25, 0.3) is 0 Å². The number of rotatable bonds is 7. The minimum atomic E-state index is -0.217. The van der Waals surface area contributed by atoms with Gasteiger partial charge in [-0.2, -0.15) is 0 Å². The van der Waals surface area contributed by atoms with E-state index < -0.39 is 0 Å². The molecule has 1 aromatic rings. The number of amides is 1. The second kappa shape index (κ2) is 7.47. The molecule has 3 fully saturated rings. The van der Waals surface area contributed by atoms with Crippen LogP contribution in [0.15, 0.2) is 24.3 Å². The lowest BCUT2D eigenvalue weighted by molar-refractivity contribution is -0.148. The van der Waals surface area contributed by atoms with Crippen molar-refractivity contribution in [2.24, 2.45) is 0 Å². The van der Waals surface area contributed by atoms with Gasteiger partial charge in [-0.25, -0.2) is 0 Å². The fourth-order valence-corrected chi connectivity index (χ4v) is 4.71. The summed E-state index contributed by atoms with van der Waals surface area (Å²) in [4.78, 5) is 17.9. The lowest BCUT2D eigenvalue weighted by Crippen LogP contribution is -2.60. The number of para-hydroxylation sites is 2. The van der Waals surface area contributed by atoms with Gasteiger partial charge in [0.15, 0.2) is 11.5 Å². The first kappa shape index (κ1) is 17.7. The van der Waals surface area contributed by atoms with Gasteiger partial charge in [-0.15, -0.1) is 0 Å². The molecule has 1 atom stereocenters. The topological polar surface area (TPSA) is 42.0 Å². The summed E-state index contributed by atoms with van der Waals surface area (Å²) in [6.07, 6.45) is 7.68. The van der Waals surface area contributed by atoms with Crippen LogP contribution < -0.4 is 9.47 Å². The monoisotopic (exact) mass is 358 g/mol. The van der Waals surface area contributed by atoms with Crippen molar-refractivity contribution in [3.8, 4) is 11.5 Å². The Bertz CT molecular complexity index is 646. The Morgan fingerprint density at radius 1 is 1.12 bits per heavy atom. The molecule has 1 aromatic carbocycles. The zero-order valence-corrected chi connectivity index (χ0v) is 15.8. The largest absolute Gasteiger partial charge is 0.493 e. The first-order valence-corrected chi connectivity index (χ1v) is 10.1. The van der Waals surface area contributed by atoms with E-state index in [1.54, 1.807) is 7.11 Å². The summed E-state index contributed by atoms with van der Waals surface area (Å²) in [5, 5.41) is 0. The van der Waals surface area contributed by atoms with Crippen LogP contribution in [0.5, 0.6) is 11.5 Å². The maximum Gasteiger partial charge on any atom is 0.243 e. The summed E-state index contributed by atoms with van der Waals surface area (Å²) in [5.41, 5.74) is -0.217. The van der Waals surface area contributed by atoms with Crippen molar-refractivity contribution in [1.82, 2.24) is 9.80 Å². The van der Waals surface area contributed by atoms with Crippen LogP contribution in [0.2, 0.25) is 0 Å². The van der Waals surface area contributed by atoms with Crippen molar-refractivity contribution in [2.45, 2.75) is 56.5 Å². The Balaban J connectivity index is 1.33. The van der Waals surface area contributed by atoms with Crippen molar-refractivity contribution in [3.05, 3.63) is 24.3 Å². The van der Waals surface area contributed by atoms with E-state index in [0.29, 0.717) is 18.6 Å². The summed E-state index contributed by atoms with van der Waals surface area (Å²) in [6, 6.07) is 8.29. The molecule has 5 heteroatoms. The van der Waals surface area contributed by atoms with Gasteiger partial charge in [0.2, 0.25) is 5.91 Å². The molecule has 4 rings (SSSR count). The second-order valence-corrected chi connectivity index (χ2v) is 7.81. The molecule has 1 saturated carbocycles. The van der Waals surface area contributed by atoms with Crippen LogP contribution in [0.1, 0.15) is 44.9 Å². The highest BCUT2D eigenvalue weighted by Crippen LogP contribution is 2.41. The lowest BCUT2D eigenvalue weighted by Gasteiger charge is -2.45. The number of ether oxygens (including phenoxy) is 2. The number of nitrogens with zero attached hydrogens (tertiary/aromatic N) is 2. The van der Waals surface area contributed by atoms with Crippen molar-refractivity contribution in [1.29, 1.82) is 0 Å². The normalized spacial score (nSPS) is 26.5. The van der Waals surface area contributed by atoms with Crippen LogP contribution in [0, 0.1) is 0 Å². The van der Waals surface area contributed by atoms with Crippen LogP contribution >= 0.6 is 0 Å². The molecule has 0 radical (unpaired) electrons. The number of hydrogen-bond acceptors (Lipinski definition) is 4. The van der Waals surface area contributed by atoms with Gasteiger partial charge >= 0.3 is 0 Å². The van der Waals surface area contributed by atoms with Crippen LogP contribution in [-0.2, 0) is 4.79 Å². The Morgan fingerprint density at radius 3 is 2.58 bits per heavy atom. The summed E-state index contributed by atoms with van der Waals surface area (Å²) < 4.78 is 11.2. The Kier molecular flexibility index (Phi) is 5.07. The molecular formula is C21H30N2O3. The van der Waals surface area contributed by atoms with E-state index in [1.165, 1.54) is 12.8 Å². The van der Waals surface area contributed by atoms with E-state index in [4.69, 9.17) is 9.47 Å². The van der Waals surface area contributed by atoms with Gasteiger partial charge in [-0.1, -0.05) is 12.1 Å². The maximum atomic E-state index is 13.2. The van der Waals surface area contributed by atoms with Crippen LogP contribution in [-0.4, -0.2) is 60.6 Å². The van der Waals surface area contributed by atoms with Crippen molar-refractivity contribution >= 4 is 5.91 Å². The first-order chi connectivity index (χ1) is 12.7. The Morgan fingerprint density at radius 2 is 1.85 bits per heavy atom. The molecule has 26 heavy (non-hydrogen) atoms. The summed E-state index contributed by atoms with van der Waals surface area (Å²) in [6.45, 7) is 3.59. The highest BCUT2D eigenvalue weighted by molar-refractivity contribution is 5.88. The Hall–Kier alpha value is -1.75. The molecule has 2 saturated heterocycles. The summed E-state index contributed by atoms with van der Waals surface area (Å²) in [7, 11) is 1.66. The molecule has 5 nitrogen and oxygen atoms in total. The minimum Gasteiger partial charge on any atom is -0.493 e. The number of benzene rings is 1. The predicted molar refractivity (Wildman–Crippen MR) is 101 cm³/mol. The fourth-order valence-electron chi connectivity index (χ4n) is 4.71. The van der Waals surface area contributed by atoms with Crippen LogP contribution in [0.25, 0.3) is 0 Å². The third-order valence-electron chi connectivity index (χ3n) is 6.16. The lowest BCUT2D eigenvalue weighted by atomic mass is 9.85. The molecule has 1 unspecified atom stereocenters. The summed E-state index contributed by atoms with van der Waals surface area (Å²) >= 11 is 0. The second-order valence-electron chi connectivity index (χ2n) is 7.81. The third-order valence-corrected chi connectivity index (χ3v) is 6.16. The number of hydrogen-bond donors (Lipinski definition) is 0. The molecule has 1 aliphatic carbocycles. The average Bonchev–Trinajstić information content (AvgIpc) is 3.43. The summed E-state index contributed by atoms with van der Waals surface area (Å²) in [5.74, 6) is 1.97. The third kappa shape index (κ3) is 3.29. The molecule has 0 aromatic heterocycles. The van der Waals surface area contributed by atoms with E-state index in [-0.39, 0.29) is 5.54 Å². The SMILES string of the molecule is COc1ccccc1OCCCN1CCCC12CCCN(C1CC1)C2=O. The molecule has 1 amide bonds. The zero-order valence-electron chi connectivity index (χ0n) is 15.8. The molecule has 3 aliphatic rings. The number of carbonyl (C=O) groups is 1. The van der Waals surface area contributed by atoms with Gasteiger partial charge < -0.3 is 14.4 Å². The first-order valence-electron chi connectivity index (χ1n) is 10.1. The van der Waals surface area contributed by atoms with Gasteiger partial charge in [-0.3, -0.25) is 9.69 Å². The number of likely N-dealkylation sites (tertiary alicyclic amines) is 2. The molecule has 0 N–H and O–H groups in total. The molecule has 142 valence electrons. The molecule has 0 bridgehead atoms. The highest BCUT2D eigenvalue weighted by Gasteiger charge is 2.52. The van der Waals surface area contributed by atoms with Crippen LogP contribution in [0.4, 0.5) is 0 Å². The minimum absolute atomic E-state index is 0.217. The van der Waals surface area contributed by atoms with E-state index >= 15 is 0 Å². The molecule has 1 spiro atoms. The molecule has 2 heterocycles. The van der Waals surface area contributed by atoms with Crippen LogP contribution in [0.3, 0.4) is 0 Å². The molecular weight excluding hydrogens is 328 g/mol. The van der Waals surface area contributed by atoms with Gasteiger partial charge in [0, 0.05) is 19.1 Å². The van der Waals surface area contributed by atoms with Crippen molar-refractivity contribution in [2.75, 3.05) is 33.4 Å². The van der Waals surface area contributed by atoms with Crippen molar-refractivity contribution in [3.63, 3.8) is 0 Å². The smallest absolute Gasteiger partial charge is 0.243 e. The molecule has 2 aliphatic heterocycles. The number of piperidine rings is 1.